The van der Waals surface area contributed by atoms with Gasteiger partial charge in [-0.3, -0.25) is 4.79 Å². The molecule has 170 valence electrons. The minimum atomic E-state index is -1.00. The molecule has 10 heteroatoms. The van der Waals surface area contributed by atoms with Crippen LogP contribution in [0.4, 0.5) is 0 Å². The Morgan fingerprint density at radius 1 is 1.09 bits per heavy atom. The lowest BCUT2D eigenvalue weighted by atomic mass is 10.0. The summed E-state index contributed by atoms with van der Waals surface area (Å²) >= 11 is 0. The number of aromatic nitrogens is 5. The monoisotopic (exact) mass is 449 g/mol. The van der Waals surface area contributed by atoms with Crippen LogP contribution in [0.25, 0.3) is 33.7 Å². The predicted octanol–water partition coefficient (Wildman–Crippen LogP) is 3.32. The third-order valence-electron chi connectivity index (χ3n) is 5.17. The Labute approximate surface area is 188 Å². The average molecular weight is 449 g/mol. The van der Waals surface area contributed by atoms with Gasteiger partial charge >= 0.3 is 5.97 Å². The second kappa shape index (κ2) is 9.11. The normalized spacial score (nSPS) is 12.0. The molecule has 0 spiro atoms. The minimum Gasteiger partial charge on any atom is -0.493 e. The Kier molecular flexibility index (Phi) is 6.07. The lowest BCUT2D eigenvalue weighted by Crippen LogP contribution is -2.26. The van der Waals surface area contributed by atoms with E-state index < -0.39 is 17.6 Å². The number of hydrogen-bond donors (Lipinski definition) is 3. The third kappa shape index (κ3) is 4.40. The maximum atomic E-state index is 12.3. The van der Waals surface area contributed by atoms with Crippen LogP contribution in [0, 0.1) is 6.92 Å². The Hall–Kier alpha value is -4.21. The van der Waals surface area contributed by atoms with E-state index in [0.29, 0.717) is 35.9 Å². The highest BCUT2D eigenvalue weighted by molar-refractivity contribution is 5.77. The van der Waals surface area contributed by atoms with Crippen LogP contribution in [-0.2, 0) is 4.79 Å². The lowest BCUT2D eigenvalue weighted by Gasteiger charge is -2.17. The fourth-order valence-corrected chi connectivity index (χ4v) is 3.42. The molecule has 3 N–H and O–H groups in total. The zero-order valence-corrected chi connectivity index (χ0v) is 18.4. The Balaban J connectivity index is 1.75. The van der Waals surface area contributed by atoms with Crippen molar-refractivity contribution < 1.29 is 19.4 Å². The molecule has 33 heavy (non-hydrogen) atoms. The predicted molar refractivity (Wildman–Crippen MR) is 121 cm³/mol. The van der Waals surface area contributed by atoms with Gasteiger partial charge in [0.15, 0.2) is 11.6 Å². The first kappa shape index (κ1) is 22.0. The Morgan fingerprint density at radius 2 is 1.82 bits per heavy atom. The van der Waals surface area contributed by atoms with Gasteiger partial charge in [-0.25, -0.2) is 9.78 Å². The van der Waals surface area contributed by atoms with Gasteiger partial charge in [-0.15, -0.1) is 10.2 Å². The SMILES string of the molecule is CCOc1cc(-c2ccc(C)c(OC(CC)C(=O)O)c2)ccc1-c1nc2n[nH]nc2c(=O)[nH]1. The smallest absolute Gasteiger partial charge is 0.344 e. The van der Waals surface area contributed by atoms with Crippen LogP contribution in [0.15, 0.2) is 41.2 Å². The van der Waals surface area contributed by atoms with Crippen LogP contribution >= 0.6 is 0 Å². The van der Waals surface area contributed by atoms with Crippen LogP contribution in [0.1, 0.15) is 25.8 Å². The summed E-state index contributed by atoms with van der Waals surface area (Å²) < 4.78 is 11.6. The highest BCUT2D eigenvalue weighted by Gasteiger charge is 2.19. The summed E-state index contributed by atoms with van der Waals surface area (Å²) in [6, 6.07) is 11.1. The Morgan fingerprint density at radius 3 is 2.52 bits per heavy atom. The molecule has 0 saturated carbocycles. The first-order valence-electron chi connectivity index (χ1n) is 10.5. The molecular weight excluding hydrogens is 426 g/mol. The highest BCUT2D eigenvalue weighted by Crippen LogP contribution is 2.35. The van der Waals surface area contributed by atoms with E-state index in [9.17, 15) is 14.7 Å². The van der Waals surface area contributed by atoms with Gasteiger partial charge in [-0.05, 0) is 55.2 Å². The average Bonchev–Trinajstić information content (AvgIpc) is 3.28. The van der Waals surface area contributed by atoms with Gasteiger partial charge in [0.2, 0.25) is 5.65 Å². The van der Waals surface area contributed by atoms with Crippen molar-refractivity contribution in [3.05, 3.63) is 52.3 Å². The quantitative estimate of drug-likeness (QED) is 0.372. The summed E-state index contributed by atoms with van der Waals surface area (Å²) in [6.45, 7) is 5.90. The van der Waals surface area contributed by atoms with Crippen molar-refractivity contribution in [1.29, 1.82) is 0 Å². The van der Waals surface area contributed by atoms with E-state index in [2.05, 4.69) is 25.4 Å². The van der Waals surface area contributed by atoms with Gasteiger partial charge in [0.25, 0.3) is 5.56 Å². The van der Waals surface area contributed by atoms with Gasteiger partial charge in [0.05, 0.1) is 12.2 Å². The topological polar surface area (TPSA) is 143 Å². The van der Waals surface area contributed by atoms with Crippen molar-refractivity contribution in [2.75, 3.05) is 6.61 Å². The number of aliphatic carboxylic acids is 1. The van der Waals surface area contributed by atoms with E-state index in [0.717, 1.165) is 16.7 Å². The molecule has 10 nitrogen and oxygen atoms in total. The molecule has 0 bridgehead atoms. The van der Waals surface area contributed by atoms with E-state index in [1.165, 1.54) is 0 Å². The second-order valence-corrected chi connectivity index (χ2v) is 7.39. The molecule has 0 saturated heterocycles. The Bertz CT molecular complexity index is 1380. The highest BCUT2D eigenvalue weighted by atomic mass is 16.5. The number of nitrogens with one attached hydrogen (secondary N) is 2. The summed E-state index contributed by atoms with van der Waals surface area (Å²) in [6.07, 6.45) is -0.571. The van der Waals surface area contributed by atoms with Crippen molar-refractivity contribution in [3.63, 3.8) is 0 Å². The van der Waals surface area contributed by atoms with E-state index in [4.69, 9.17) is 9.47 Å². The number of aryl methyl sites for hydroxylation is 1. The number of carbonyl (C=O) groups is 1. The number of carboxylic acid groups (broad SMARTS) is 1. The van der Waals surface area contributed by atoms with E-state index in [1.807, 2.05) is 44.2 Å². The van der Waals surface area contributed by atoms with E-state index in [-0.39, 0.29) is 11.2 Å². The van der Waals surface area contributed by atoms with Crippen LogP contribution < -0.4 is 15.0 Å². The zero-order chi connectivity index (χ0) is 23.5. The fraction of sp³-hybridized carbons (Fsp3) is 0.261. The number of aromatic amines is 2. The summed E-state index contributed by atoms with van der Waals surface area (Å²) in [4.78, 5) is 30.8. The number of ether oxygens (including phenoxy) is 2. The van der Waals surface area contributed by atoms with Gasteiger partial charge < -0.3 is 19.6 Å². The number of carboxylic acids is 1. The maximum Gasteiger partial charge on any atom is 0.344 e. The number of rotatable bonds is 8. The summed E-state index contributed by atoms with van der Waals surface area (Å²) in [7, 11) is 0. The van der Waals surface area contributed by atoms with Crippen LogP contribution in [0.2, 0.25) is 0 Å². The maximum absolute atomic E-state index is 12.3. The molecule has 1 unspecified atom stereocenters. The molecule has 0 amide bonds. The van der Waals surface area contributed by atoms with Crippen molar-refractivity contribution in [1.82, 2.24) is 25.4 Å². The largest absolute Gasteiger partial charge is 0.493 e. The first-order valence-corrected chi connectivity index (χ1v) is 10.5. The van der Waals surface area contributed by atoms with Gasteiger partial charge in [0, 0.05) is 0 Å². The van der Waals surface area contributed by atoms with Gasteiger partial charge in [0.1, 0.15) is 17.3 Å². The standard InChI is InChI=1S/C23H23N5O5/c1-4-16(23(30)31)33-17-10-13(7-6-12(17)3)14-8-9-15(18(11-14)32-5-2)20-24-21-19(22(29)25-20)26-28-27-21/h6-11,16H,4-5H2,1-3H3,(H,30,31)(H2,24,25,26,27,28,29). The van der Waals surface area contributed by atoms with Crippen LogP contribution in [0.3, 0.4) is 0 Å². The molecule has 2 heterocycles. The minimum absolute atomic E-state index is 0.132. The molecule has 1 atom stereocenters. The van der Waals surface area contributed by atoms with Crippen molar-refractivity contribution in [3.8, 4) is 34.0 Å². The number of nitrogens with zero attached hydrogens (tertiary/aromatic N) is 3. The van der Waals surface area contributed by atoms with Crippen molar-refractivity contribution >= 4 is 17.1 Å². The second-order valence-electron chi connectivity index (χ2n) is 7.39. The first-order chi connectivity index (χ1) is 15.9. The summed E-state index contributed by atoms with van der Waals surface area (Å²) in [5.41, 5.74) is 3.04. The molecule has 4 rings (SSSR count). The number of H-pyrrole nitrogens is 2. The number of fused-ring (bicyclic) bond motifs is 1. The summed E-state index contributed by atoms with van der Waals surface area (Å²) in [5.74, 6) is 0.347. The van der Waals surface area contributed by atoms with E-state index in [1.54, 1.807) is 13.0 Å². The molecule has 0 fully saturated rings. The lowest BCUT2D eigenvalue weighted by molar-refractivity contribution is -0.145. The molecule has 2 aromatic heterocycles. The van der Waals surface area contributed by atoms with E-state index >= 15 is 0 Å². The number of benzene rings is 2. The fourth-order valence-electron chi connectivity index (χ4n) is 3.42. The van der Waals surface area contributed by atoms with Gasteiger partial charge in [-0.1, -0.05) is 25.1 Å². The van der Waals surface area contributed by atoms with Gasteiger partial charge in [-0.2, -0.15) is 5.21 Å². The van der Waals surface area contributed by atoms with Crippen molar-refractivity contribution in [2.24, 2.45) is 0 Å². The molecule has 0 aliphatic rings. The molecule has 0 aliphatic heterocycles. The molecule has 0 aliphatic carbocycles. The zero-order valence-electron chi connectivity index (χ0n) is 18.4. The van der Waals surface area contributed by atoms with Crippen LogP contribution in [0.5, 0.6) is 11.5 Å². The molecule has 4 aromatic rings. The molecule has 0 radical (unpaired) electrons. The third-order valence-corrected chi connectivity index (χ3v) is 5.17. The number of hydrogen-bond acceptors (Lipinski definition) is 7. The molecule has 2 aromatic carbocycles. The molecular formula is C23H23N5O5. The summed E-state index contributed by atoms with van der Waals surface area (Å²) in [5, 5.41) is 19.4. The van der Waals surface area contributed by atoms with Crippen molar-refractivity contribution in [2.45, 2.75) is 33.3 Å². The van der Waals surface area contributed by atoms with Crippen LogP contribution in [-0.4, -0.2) is 49.2 Å².